The highest BCUT2D eigenvalue weighted by Gasteiger charge is 2.25. The molecular formula is C10H18O2. The predicted octanol–water partition coefficient (Wildman–Crippen LogP) is 2.38. The normalized spacial score (nSPS) is 28.8. The Morgan fingerprint density at radius 2 is 2.25 bits per heavy atom. The number of esters is 1. The molecule has 0 amide bonds. The van der Waals surface area contributed by atoms with Gasteiger partial charge in [0, 0.05) is 6.42 Å². The molecule has 2 atom stereocenters. The van der Waals surface area contributed by atoms with E-state index in [4.69, 9.17) is 4.74 Å². The van der Waals surface area contributed by atoms with Gasteiger partial charge in [0.05, 0.1) is 6.61 Å². The summed E-state index contributed by atoms with van der Waals surface area (Å²) in [5.41, 5.74) is 0. The van der Waals surface area contributed by atoms with Crippen molar-refractivity contribution in [2.45, 2.75) is 39.5 Å². The summed E-state index contributed by atoms with van der Waals surface area (Å²) in [6.45, 7) is 4.60. The van der Waals surface area contributed by atoms with Crippen LogP contribution >= 0.6 is 0 Å². The second-order valence-corrected chi connectivity index (χ2v) is 3.68. The Hall–Kier alpha value is -0.530. The van der Waals surface area contributed by atoms with Crippen LogP contribution in [0.15, 0.2) is 0 Å². The lowest BCUT2D eigenvalue weighted by molar-refractivity contribution is -0.144. The van der Waals surface area contributed by atoms with Gasteiger partial charge >= 0.3 is 5.97 Å². The third-order valence-electron chi connectivity index (χ3n) is 2.77. The standard InChI is InChI=1S/C10H18O2/c1-3-12-10(11)7-9-6-4-5-8(9)2/h8-9H,3-7H2,1-2H3/t8-,9-/m0/s1. The van der Waals surface area contributed by atoms with Gasteiger partial charge in [-0.1, -0.05) is 19.8 Å². The van der Waals surface area contributed by atoms with E-state index in [0.29, 0.717) is 18.9 Å². The van der Waals surface area contributed by atoms with Crippen LogP contribution in [0.3, 0.4) is 0 Å². The largest absolute Gasteiger partial charge is 0.466 e. The quantitative estimate of drug-likeness (QED) is 0.608. The highest BCUT2D eigenvalue weighted by atomic mass is 16.5. The maximum absolute atomic E-state index is 11.1. The molecule has 0 saturated heterocycles. The van der Waals surface area contributed by atoms with E-state index in [-0.39, 0.29) is 5.97 Å². The van der Waals surface area contributed by atoms with Crippen LogP contribution in [0.2, 0.25) is 0 Å². The molecule has 1 rings (SSSR count). The van der Waals surface area contributed by atoms with Crippen molar-refractivity contribution < 1.29 is 9.53 Å². The number of rotatable bonds is 3. The summed E-state index contributed by atoms with van der Waals surface area (Å²) >= 11 is 0. The molecule has 1 fully saturated rings. The molecule has 0 aromatic carbocycles. The van der Waals surface area contributed by atoms with Gasteiger partial charge in [-0.3, -0.25) is 4.79 Å². The molecule has 0 bridgehead atoms. The van der Waals surface area contributed by atoms with Gasteiger partial charge in [0.1, 0.15) is 0 Å². The summed E-state index contributed by atoms with van der Waals surface area (Å²) in [5.74, 6) is 1.29. The van der Waals surface area contributed by atoms with E-state index in [1.54, 1.807) is 0 Å². The van der Waals surface area contributed by atoms with Gasteiger partial charge in [-0.15, -0.1) is 0 Å². The molecule has 1 aliphatic carbocycles. The van der Waals surface area contributed by atoms with Gasteiger partial charge in [-0.25, -0.2) is 0 Å². The van der Waals surface area contributed by atoms with Crippen molar-refractivity contribution in [2.75, 3.05) is 6.61 Å². The summed E-state index contributed by atoms with van der Waals surface area (Å²) < 4.78 is 4.91. The van der Waals surface area contributed by atoms with E-state index in [0.717, 1.165) is 5.92 Å². The third-order valence-corrected chi connectivity index (χ3v) is 2.77. The molecule has 2 nitrogen and oxygen atoms in total. The van der Waals surface area contributed by atoms with Crippen molar-refractivity contribution in [3.8, 4) is 0 Å². The zero-order valence-electron chi connectivity index (χ0n) is 8.01. The van der Waals surface area contributed by atoms with Gasteiger partial charge in [0.15, 0.2) is 0 Å². The number of carbonyl (C=O) groups is 1. The Labute approximate surface area is 74.3 Å². The molecular weight excluding hydrogens is 152 g/mol. The van der Waals surface area contributed by atoms with E-state index in [1.165, 1.54) is 19.3 Å². The van der Waals surface area contributed by atoms with Gasteiger partial charge in [-0.2, -0.15) is 0 Å². The fraction of sp³-hybridized carbons (Fsp3) is 0.900. The van der Waals surface area contributed by atoms with Crippen molar-refractivity contribution in [1.82, 2.24) is 0 Å². The monoisotopic (exact) mass is 170 g/mol. The molecule has 0 heterocycles. The second-order valence-electron chi connectivity index (χ2n) is 3.68. The van der Waals surface area contributed by atoms with Crippen LogP contribution in [-0.4, -0.2) is 12.6 Å². The lowest BCUT2D eigenvalue weighted by Crippen LogP contribution is -2.13. The van der Waals surface area contributed by atoms with Crippen LogP contribution in [0.5, 0.6) is 0 Å². The number of ether oxygens (including phenoxy) is 1. The average molecular weight is 170 g/mol. The molecule has 0 aromatic rings. The third kappa shape index (κ3) is 2.50. The van der Waals surface area contributed by atoms with Gasteiger partial charge < -0.3 is 4.74 Å². The van der Waals surface area contributed by atoms with Gasteiger partial charge in [0.25, 0.3) is 0 Å². The van der Waals surface area contributed by atoms with Gasteiger partial charge in [0.2, 0.25) is 0 Å². The lowest BCUT2D eigenvalue weighted by atomic mass is 9.95. The summed E-state index contributed by atoms with van der Waals surface area (Å²) in [5, 5.41) is 0. The first kappa shape index (κ1) is 9.56. The molecule has 0 spiro atoms. The van der Waals surface area contributed by atoms with Crippen LogP contribution < -0.4 is 0 Å². The van der Waals surface area contributed by atoms with E-state index in [2.05, 4.69) is 6.92 Å². The van der Waals surface area contributed by atoms with E-state index < -0.39 is 0 Å². The lowest BCUT2D eigenvalue weighted by Gasteiger charge is -2.13. The number of hydrogen-bond acceptors (Lipinski definition) is 2. The van der Waals surface area contributed by atoms with E-state index >= 15 is 0 Å². The topological polar surface area (TPSA) is 26.3 Å². The molecule has 70 valence electrons. The average Bonchev–Trinajstić information content (AvgIpc) is 2.37. The molecule has 0 N–H and O–H groups in total. The minimum atomic E-state index is -0.0174. The fourth-order valence-corrected chi connectivity index (χ4v) is 1.96. The second kappa shape index (κ2) is 4.48. The number of carbonyl (C=O) groups excluding carboxylic acids is 1. The predicted molar refractivity (Wildman–Crippen MR) is 47.8 cm³/mol. The molecule has 0 aromatic heterocycles. The van der Waals surface area contributed by atoms with Crippen LogP contribution in [0.1, 0.15) is 39.5 Å². The summed E-state index contributed by atoms with van der Waals surface area (Å²) in [6, 6.07) is 0. The molecule has 0 unspecified atom stereocenters. The minimum absolute atomic E-state index is 0.0174. The Kier molecular flexibility index (Phi) is 3.57. The SMILES string of the molecule is CCOC(=O)C[C@@H]1CCC[C@@H]1C. The van der Waals surface area contributed by atoms with E-state index in [1.807, 2.05) is 6.92 Å². The van der Waals surface area contributed by atoms with Crippen LogP contribution in [-0.2, 0) is 9.53 Å². The Morgan fingerprint density at radius 1 is 1.50 bits per heavy atom. The highest BCUT2D eigenvalue weighted by molar-refractivity contribution is 5.69. The maximum atomic E-state index is 11.1. The van der Waals surface area contributed by atoms with Crippen LogP contribution in [0.4, 0.5) is 0 Å². The molecule has 12 heavy (non-hydrogen) atoms. The summed E-state index contributed by atoms with van der Waals surface area (Å²) in [6.07, 6.45) is 4.41. The Balaban J connectivity index is 2.25. The van der Waals surface area contributed by atoms with Crippen molar-refractivity contribution >= 4 is 5.97 Å². The van der Waals surface area contributed by atoms with Crippen LogP contribution in [0.25, 0.3) is 0 Å². The highest BCUT2D eigenvalue weighted by Crippen LogP contribution is 2.33. The molecule has 1 aliphatic rings. The smallest absolute Gasteiger partial charge is 0.306 e. The zero-order chi connectivity index (χ0) is 8.97. The van der Waals surface area contributed by atoms with Gasteiger partial charge in [-0.05, 0) is 25.2 Å². The molecule has 2 heteroatoms. The molecule has 0 aliphatic heterocycles. The first-order chi connectivity index (χ1) is 5.74. The zero-order valence-corrected chi connectivity index (χ0v) is 8.01. The van der Waals surface area contributed by atoms with Crippen molar-refractivity contribution in [2.24, 2.45) is 11.8 Å². The summed E-state index contributed by atoms with van der Waals surface area (Å²) in [7, 11) is 0. The Bertz CT molecular complexity index is 154. The maximum Gasteiger partial charge on any atom is 0.306 e. The summed E-state index contributed by atoms with van der Waals surface area (Å²) in [4.78, 5) is 11.1. The van der Waals surface area contributed by atoms with Crippen LogP contribution in [0, 0.1) is 11.8 Å². The Morgan fingerprint density at radius 3 is 2.75 bits per heavy atom. The minimum Gasteiger partial charge on any atom is -0.466 e. The molecule has 1 saturated carbocycles. The first-order valence-electron chi connectivity index (χ1n) is 4.89. The van der Waals surface area contributed by atoms with Crippen molar-refractivity contribution in [3.05, 3.63) is 0 Å². The van der Waals surface area contributed by atoms with E-state index in [9.17, 15) is 4.79 Å². The molecule has 0 radical (unpaired) electrons. The number of hydrogen-bond donors (Lipinski definition) is 0. The van der Waals surface area contributed by atoms with Crippen molar-refractivity contribution in [1.29, 1.82) is 0 Å². The first-order valence-corrected chi connectivity index (χ1v) is 4.89. The fourth-order valence-electron chi connectivity index (χ4n) is 1.96. The van der Waals surface area contributed by atoms with Crippen molar-refractivity contribution in [3.63, 3.8) is 0 Å².